The van der Waals surface area contributed by atoms with Gasteiger partial charge in [0.05, 0.1) is 18.5 Å². The predicted octanol–water partition coefficient (Wildman–Crippen LogP) is 14.2. The van der Waals surface area contributed by atoms with Crippen LogP contribution in [0.1, 0.15) is 169 Å². The Hall–Kier alpha value is -4.12. The largest absolute Gasteiger partial charge is 0.489 e. The molecule has 0 aromatic heterocycles. The van der Waals surface area contributed by atoms with Gasteiger partial charge in [-0.3, -0.25) is 14.3 Å². The number of rotatable bonds is 21. The number of ether oxygens (including phenoxy) is 2. The minimum atomic E-state index is -3.54. The number of aliphatic carboxylic acids is 1. The Bertz CT molecular complexity index is 2620. The lowest BCUT2D eigenvalue weighted by Gasteiger charge is -2.40. The summed E-state index contributed by atoms with van der Waals surface area (Å²) in [5.74, 6) is 16.0. The summed E-state index contributed by atoms with van der Waals surface area (Å²) >= 11 is 0. The fraction of sp³-hybridized carbons (Fsp3) is 0.651. The van der Waals surface area contributed by atoms with Crippen LogP contribution in [0.5, 0.6) is 11.5 Å². The van der Waals surface area contributed by atoms with Crippen LogP contribution in [0, 0.1) is 59.2 Å². The zero-order chi connectivity index (χ0) is 56.6. The second kappa shape index (κ2) is 26.2. The molecule has 6 rings (SSSR count). The van der Waals surface area contributed by atoms with Gasteiger partial charge in [0.2, 0.25) is 15.9 Å². The molecule has 0 radical (unpaired) electrons. The molecule has 0 saturated heterocycles. The first-order chi connectivity index (χ1) is 35.4. The molecule has 2 heterocycles. The molecule has 1 amide bonds. The minimum Gasteiger partial charge on any atom is -0.489 e. The number of carbonyl (C=O) groups is 2. The maximum absolute atomic E-state index is 12.0. The minimum absolute atomic E-state index is 0.0489. The van der Waals surface area contributed by atoms with E-state index in [1.165, 1.54) is 11.1 Å². The first-order valence-electron chi connectivity index (χ1n) is 28.2. The predicted molar refractivity (Wildman–Crippen MR) is 315 cm³/mol. The highest BCUT2D eigenvalue weighted by Gasteiger charge is 2.54. The summed E-state index contributed by atoms with van der Waals surface area (Å²) in [5, 5.41) is 9.33. The summed E-state index contributed by atoms with van der Waals surface area (Å²) in [6.07, 6.45) is 17.4. The Morgan fingerprint density at radius 2 is 1.11 bits per heavy atom. The zero-order valence-corrected chi connectivity index (χ0v) is 52.2. The van der Waals surface area contributed by atoms with Crippen LogP contribution in [0.2, 0.25) is 36.3 Å². The lowest BCUT2D eigenvalue weighted by molar-refractivity contribution is -0.137. The number of benzene rings is 2. The number of sulfonamides is 1. The number of carboxylic acid groups (broad SMARTS) is 1. The normalized spacial score (nSPS) is 24.5. The van der Waals surface area contributed by atoms with Crippen molar-refractivity contribution < 1.29 is 41.4 Å². The molecule has 2 N–H and O–H groups in total. The van der Waals surface area contributed by atoms with E-state index in [-0.39, 0.29) is 71.0 Å². The lowest BCUT2D eigenvalue weighted by atomic mass is 9.85. The summed E-state index contributed by atoms with van der Waals surface area (Å²) in [5.41, 5.74) is 4.69. The van der Waals surface area contributed by atoms with Crippen molar-refractivity contribution in [1.82, 2.24) is 4.72 Å². The van der Waals surface area contributed by atoms with Gasteiger partial charge >= 0.3 is 5.97 Å². The van der Waals surface area contributed by atoms with E-state index >= 15 is 0 Å². The van der Waals surface area contributed by atoms with Crippen LogP contribution in [-0.2, 0) is 41.3 Å². The third-order valence-corrected chi connectivity index (χ3v) is 27.3. The van der Waals surface area contributed by atoms with Gasteiger partial charge < -0.3 is 23.4 Å². The number of amides is 1. The summed E-state index contributed by atoms with van der Waals surface area (Å²) in [6, 6.07) is 12.7. The van der Waals surface area contributed by atoms with Gasteiger partial charge in [-0.25, -0.2) is 8.42 Å². The average molecular weight is 1100 g/mol. The van der Waals surface area contributed by atoms with Crippen LogP contribution in [-0.4, -0.2) is 72.7 Å². The van der Waals surface area contributed by atoms with Crippen LogP contribution >= 0.6 is 0 Å². The molecule has 420 valence electrons. The summed E-state index contributed by atoms with van der Waals surface area (Å²) in [7, 11) is -7.48. The van der Waals surface area contributed by atoms with E-state index in [1.54, 1.807) is 0 Å². The Balaban J connectivity index is 0.000000282. The zero-order valence-electron chi connectivity index (χ0n) is 49.4. The quantitative estimate of drug-likeness (QED) is 0.0711. The third kappa shape index (κ3) is 16.2. The van der Waals surface area contributed by atoms with Crippen LogP contribution in [0.15, 0.2) is 60.7 Å². The lowest BCUT2D eigenvalue weighted by Crippen LogP contribution is -2.45. The molecule has 2 aliphatic heterocycles. The molecule has 2 aromatic rings. The van der Waals surface area contributed by atoms with E-state index in [4.69, 9.17) is 23.4 Å². The topological polar surface area (TPSA) is 137 Å². The van der Waals surface area contributed by atoms with Crippen molar-refractivity contribution in [2.75, 3.05) is 6.26 Å². The van der Waals surface area contributed by atoms with Crippen LogP contribution in [0.25, 0.3) is 0 Å². The fourth-order valence-electron chi connectivity index (χ4n) is 10.7. The van der Waals surface area contributed by atoms with Crippen LogP contribution in [0.3, 0.4) is 0 Å². The third-order valence-electron chi connectivity index (χ3n) is 17.7. The Morgan fingerprint density at radius 3 is 1.46 bits per heavy atom. The maximum Gasteiger partial charge on any atom is 0.303 e. The van der Waals surface area contributed by atoms with Gasteiger partial charge in [-0.05, 0) is 111 Å². The number of carbonyl (C=O) groups excluding carboxylic acids is 1. The van der Waals surface area contributed by atoms with E-state index in [1.807, 2.05) is 18.6 Å². The summed E-state index contributed by atoms with van der Waals surface area (Å²) < 4.78 is 52.1. The number of nitrogens with one attached hydrogen (secondary N) is 1. The molecule has 0 spiro atoms. The van der Waals surface area contributed by atoms with Gasteiger partial charge in [0, 0.05) is 73.3 Å². The Morgan fingerprint density at radius 1 is 0.711 bits per heavy atom. The molecule has 0 unspecified atom stereocenters. The fourth-order valence-corrected chi connectivity index (χ4v) is 13.9. The second-order valence-electron chi connectivity index (χ2n) is 25.6. The molecular formula is C63H95NO9SSi2. The molecule has 10 nitrogen and oxygen atoms in total. The van der Waals surface area contributed by atoms with Crippen molar-refractivity contribution in [1.29, 1.82) is 0 Å². The Kier molecular flexibility index (Phi) is 21.6. The van der Waals surface area contributed by atoms with E-state index < -0.39 is 38.5 Å². The molecule has 4 aliphatic rings. The smallest absolute Gasteiger partial charge is 0.303 e. The molecular weight excluding hydrogens is 1000 g/mol. The molecule has 2 aliphatic carbocycles. The maximum atomic E-state index is 12.0. The number of aryl methyl sites for hydroxylation is 2. The van der Waals surface area contributed by atoms with Crippen molar-refractivity contribution in [3.63, 3.8) is 0 Å². The van der Waals surface area contributed by atoms with Gasteiger partial charge in [-0.2, -0.15) is 0 Å². The van der Waals surface area contributed by atoms with E-state index in [0.717, 1.165) is 61.0 Å². The molecule has 76 heavy (non-hydrogen) atoms. The number of hydrogen-bond acceptors (Lipinski definition) is 8. The summed E-state index contributed by atoms with van der Waals surface area (Å²) in [6.45, 7) is 36.0. The monoisotopic (exact) mass is 1100 g/mol. The molecule has 2 fully saturated rings. The van der Waals surface area contributed by atoms with Crippen LogP contribution in [0.4, 0.5) is 0 Å². The van der Waals surface area contributed by atoms with Gasteiger partial charge in [-0.15, -0.1) is 23.7 Å². The highest BCUT2D eigenvalue weighted by molar-refractivity contribution is 7.89. The highest BCUT2D eigenvalue weighted by atomic mass is 32.2. The number of para-hydroxylation sites is 2. The first-order valence-corrected chi connectivity index (χ1v) is 35.9. The molecule has 2 aromatic carbocycles. The highest BCUT2D eigenvalue weighted by Crippen LogP contribution is 2.56. The Labute approximate surface area is 462 Å². The van der Waals surface area contributed by atoms with Crippen molar-refractivity contribution in [2.45, 2.75) is 220 Å². The molecule has 13 heteroatoms. The van der Waals surface area contributed by atoms with Gasteiger partial charge in [0.25, 0.3) is 0 Å². The number of hydrogen-bond donors (Lipinski definition) is 2. The van der Waals surface area contributed by atoms with Crippen LogP contribution < -0.4 is 14.2 Å². The van der Waals surface area contributed by atoms with Gasteiger partial charge in [0.1, 0.15) is 23.7 Å². The summed E-state index contributed by atoms with van der Waals surface area (Å²) in [4.78, 5) is 23.0. The van der Waals surface area contributed by atoms with E-state index in [2.05, 4.69) is 180 Å². The van der Waals surface area contributed by atoms with Crippen molar-refractivity contribution in [2.24, 2.45) is 35.5 Å². The standard InChI is InChI=1S/C32H49NO5SSi.C31H46O4Si/c1-10-11-14-22(2)23(3)19-20-25-27(38-40(8,9)32(4,5)6)21-28-30(25)26-17-12-15-24(31(26)37-28)16-13-18-29(34)33-39(7,35)36;1-9-10-13-21(2)22(3)18-19-24-26(35-36(7,8)31(4,5)6)20-27-29(24)25-16-11-14-23(30(25)34-27)15-12-17-28(32)33/h12,15,17,19-20,22-23,25,27-28,30H,13-14,16,18,21H2,1-9H3,(H,33,34);11,14,16,18-19,21-22,24,26-27,29H,12-13,15,17,20H2,1-8H3,(H,32,33)/b20-19+;19-18+/t22-,23+,25-,27+,28-,30-;21-,22+,24-,26+,27-,29-/m00/s1. The average Bonchev–Trinajstić information content (AvgIpc) is 4.05. The van der Waals surface area contributed by atoms with Gasteiger partial charge in [0.15, 0.2) is 16.6 Å². The number of carboxylic acids is 1. The van der Waals surface area contributed by atoms with E-state index in [9.17, 15) is 18.0 Å². The SMILES string of the molecule is CC#CC[C@H](C)[C@H](C)/C=C/[C@@H]1[C@H]2c3cccc(CCCC(=O)NS(C)(=O)=O)c3O[C@H]2C[C@H]1O[Si](C)(C)C(C)(C)C.CC#CC[C@H](C)[C@H](C)/C=C/[C@@H]1[C@H]2c3cccc(CCCC(=O)O)c3O[C@H]2C[C@H]1O[Si](C)(C)C(C)(C)C. The van der Waals surface area contributed by atoms with Crippen molar-refractivity contribution >= 4 is 38.5 Å². The van der Waals surface area contributed by atoms with Crippen molar-refractivity contribution in [3.8, 4) is 35.2 Å². The number of allylic oxidation sites excluding steroid dienone is 2. The van der Waals surface area contributed by atoms with Gasteiger partial charge in [-0.1, -0.05) is 130 Å². The number of fused-ring (bicyclic) bond motifs is 6. The van der Waals surface area contributed by atoms with Crippen molar-refractivity contribution in [3.05, 3.63) is 83.0 Å². The molecule has 12 atom stereocenters. The second-order valence-corrected chi connectivity index (χ2v) is 36.9. The molecule has 2 saturated carbocycles. The molecule has 0 bridgehead atoms. The van der Waals surface area contributed by atoms with E-state index in [0.29, 0.717) is 42.9 Å². The first kappa shape index (κ1) is 62.7.